The zero-order chi connectivity index (χ0) is 26.7. The fourth-order valence-electron chi connectivity index (χ4n) is 4.65. The molecule has 2 amide bonds. The normalized spacial score (nSPS) is 13.1. The second-order valence-corrected chi connectivity index (χ2v) is 10.9. The molecular weight excluding hydrogens is 500 g/mol. The van der Waals surface area contributed by atoms with Crippen LogP contribution < -0.4 is 15.8 Å². The van der Waals surface area contributed by atoms with Gasteiger partial charge in [0.25, 0.3) is 11.8 Å². The highest BCUT2D eigenvalue weighted by Crippen LogP contribution is 2.30. The van der Waals surface area contributed by atoms with Crippen molar-refractivity contribution in [3.8, 4) is 11.1 Å². The molecule has 4 aromatic carbocycles. The maximum atomic E-state index is 13.0. The van der Waals surface area contributed by atoms with Crippen molar-refractivity contribution < 1.29 is 18.0 Å². The molecule has 0 fully saturated rings. The van der Waals surface area contributed by atoms with Crippen LogP contribution in [0.2, 0.25) is 0 Å². The van der Waals surface area contributed by atoms with Gasteiger partial charge in [-0.2, -0.15) is 0 Å². The van der Waals surface area contributed by atoms with Crippen LogP contribution in [-0.2, 0) is 10.0 Å². The first-order valence-electron chi connectivity index (χ1n) is 12.4. The zero-order valence-corrected chi connectivity index (χ0v) is 21.5. The van der Waals surface area contributed by atoms with Gasteiger partial charge in [0.05, 0.1) is 5.75 Å². The average molecular weight is 529 g/mol. The Labute approximate surface area is 221 Å². The number of nitrogens with zero attached hydrogens (tertiary/aromatic N) is 1. The van der Waals surface area contributed by atoms with Crippen LogP contribution >= 0.6 is 0 Å². The number of benzene rings is 4. The predicted octanol–water partition coefficient (Wildman–Crippen LogP) is 4.31. The number of hydrogen-bond acceptors (Lipinski definition) is 6. The molecule has 0 aliphatic carbocycles. The number of sulfonamides is 1. The van der Waals surface area contributed by atoms with E-state index in [-0.39, 0.29) is 24.1 Å². The zero-order valence-electron chi connectivity index (χ0n) is 20.7. The molecule has 1 aliphatic rings. The van der Waals surface area contributed by atoms with Gasteiger partial charge >= 0.3 is 0 Å². The summed E-state index contributed by atoms with van der Waals surface area (Å²) in [5, 5.41) is 13.1. The van der Waals surface area contributed by atoms with E-state index in [0.717, 1.165) is 33.3 Å². The van der Waals surface area contributed by atoms with Crippen LogP contribution in [-0.4, -0.2) is 50.5 Å². The topological polar surface area (TPSA) is 122 Å². The first-order chi connectivity index (χ1) is 18.3. The van der Waals surface area contributed by atoms with Crippen molar-refractivity contribution in [2.75, 3.05) is 36.0 Å². The molecule has 0 atom stereocenters. The molecule has 194 valence electrons. The molecule has 0 unspecified atom stereocenters. The quantitative estimate of drug-likeness (QED) is 0.208. The lowest BCUT2D eigenvalue weighted by Crippen LogP contribution is -2.41. The molecule has 9 heteroatoms. The monoisotopic (exact) mass is 528 g/mol. The Hall–Kier alpha value is -4.21. The molecular formula is C29H28N4O4S. The van der Waals surface area contributed by atoms with Crippen LogP contribution in [0.15, 0.2) is 84.9 Å². The molecule has 4 N–H and O–H groups in total. The van der Waals surface area contributed by atoms with Gasteiger partial charge in [-0.3, -0.25) is 14.5 Å². The first kappa shape index (κ1) is 25.4. The second kappa shape index (κ2) is 10.6. The van der Waals surface area contributed by atoms with Crippen LogP contribution in [0.3, 0.4) is 0 Å². The number of anilines is 2. The van der Waals surface area contributed by atoms with Crippen LogP contribution in [0.5, 0.6) is 0 Å². The largest absolute Gasteiger partial charge is 0.385 e. The third-order valence-electron chi connectivity index (χ3n) is 6.56. The van der Waals surface area contributed by atoms with Gasteiger partial charge in [-0.05, 0) is 59.3 Å². The lowest BCUT2D eigenvalue weighted by Gasteiger charge is -2.27. The summed E-state index contributed by atoms with van der Waals surface area (Å²) < 4.78 is 22.1. The van der Waals surface area contributed by atoms with Gasteiger partial charge in [0.1, 0.15) is 0 Å². The van der Waals surface area contributed by atoms with Gasteiger partial charge in [-0.25, -0.2) is 13.6 Å². The molecule has 0 bridgehead atoms. The Morgan fingerprint density at radius 1 is 0.684 bits per heavy atom. The maximum Gasteiger partial charge on any atom is 0.261 e. The van der Waals surface area contributed by atoms with E-state index >= 15 is 0 Å². The van der Waals surface area contributed by atoms with Gasteiger partial charge in [-0.1, -0.05) is 48.5 Å². The molecule has 38 heavy (non-hydrogen) atoms. The SMILES string of the molecule is NS(=O)(=O)CCNc1ccc(-c2ccc(NCCCN3C(=O)c4cccc5cccc(c45)C3=O)cc2)cc1. The Bertz CT molecular complexity index is 1550. The van der Waals surface area contributed by atoms with Crippen molar-refractivity contribution in [2.45, 2.75) is 6.42 Å². The van der Waals surface area contributed by atoms with Gasteiger partial charge in [0, 0.05) is 47.5 Å². The predicted molar refractivity (Wildman–Crippen MR) is 151 cm³/mol. The highest BCUT2D eigenvalue weighted by molar-refractivity contribution is 7.89. The lowest BCUT2D eigenvalue weighted by atomic mass is 9.94. The summed E-state index contributed by atoms with van der Waals surface area (Å²) in [6, 6.07) is 26.8. The Morgan fingerprint density at radius 3 is 1.68 bits per heavy atom. The first-order valence-corrected chi connectivity index (χ1v) is 14.1. The molecule has 1 aliphatic heterocycles. The standard InChI is InChI=1S/C29H28N4O4S/c30-38(36,37)19-17-32-24-14-10-21(11-15-24)20-8-12-23(13-9-20)31-16-3-18-33-28(34)25-6-1-4-22-5-2-7-26(27(22)25)29(33)35/h1-2,4-15,31-32H,3,16-19H2,(H2,30,36,37). The molecule has 5 rings (SSSR count). The molecule has 0 radical (unpaired) electrons. The number of imide groups is 1. The van der Waals surface area contributed by atoms with E-state index in [9.17, 15) is 18.0 Å². The number of amides is 2. The third kappa shape index (κ3) is 5.53. The number of primary sulfonamides is 1. The van der Waals surface area contributed by atoms with Gasteiger partial charge < -0.3 is 10.6 Å². The van der Waals surface area contributed by atoms with Crippen LogP contribution in [0, 0.1) is 0 Å². The summed E-state index contributed by atoms with van der Waals surface area (Å²) in [6.45, 7) is 1.20. The Kier molecular flexibility index (Phi) is 7.13. The van der Waals surface area contributed by atoms with Crippen molar-refractivity contribution in [3.63, 3.8) is 0 Å². The maximum absolute atomic E-state index is 13.0. The number of carbonyl (C=O) groups excluding carboxylic acids is 2. The molecule has 8 nitrogen and oxygen atoms in total. The fraction of sp³-hybridized carbons (Fsp3) is 0.172. The number of nitrogens with two attached hydrogens (primary N) is 1. The lowest BCUT2D eigenvalue weighted by molar-refractivity contribution is 0.0610. The van der Waals surface area contributed by atoms with Crippen LogP contribution in [0.4, 0.5) is 11.4 Å². The highest BCUT2D eigenvalue weighted by atomic mass is 32.2. The van der Waals surface area contributed by atoms with Crippen LogP contribution in [0.25, 0.3) is 21.9 Å². The Balaban J connectivity index is 1.13. The van der Waals surface area contributed by atoms with Gasteiger partial charge in [0.2, 0.25) is 10.0 Å². The molecule has 4 aromatic rings. The number of carbonyl (C=O) groups is 2. The number of hydrogen-bond donors (Lipinski definition) is 3. The summed E-state index contributed by atoms with van der Waals surface area (Å²) in [6.07, 6.45) is 0.622. The summed E-state index contributed by atoms with van der Waals surface area (Å²) in [5.74, 6) is -0.609. The smallest absolute Gasteiger partial charge is 0.261 e. The minimum absolute atomic E-state index is 0.127. The van der Waals surface area contributed by atoms with E-state index in [0.29, 0.717) is 30.6 Å². The van der Waals surface area contributed by atoms with E-state index < -0.39 is 10.0 Å². The second-order valence-electron chi connectivity index (χ2n) is 9.20. The molecule has 0 aromatic heterocycles. The van der Waals surface area contributed by atoms with E-state index in [4.69, 9.17) is 5.14 Å². The van der Waals surface area contributed by atoms with Crippen molar-refractivity contribution in [1.82, 2.24) is 4.90 Å². The number of rotatable bonds is 10. The van der Waals surface area contributed by atoms with Crippen molar-refractivity contribution in [1.29, 1.82) is 0 Å². The summed E-state index contributed by atoms with van der Waals surface area (Å²) in [7, 11) is -3.49. The summed E-state index contributed by atoms with van der Waals surface area (Å²) in [5.41, 5.74) is 5.00. The molecule has 0 spiro atoms. The summed E-state index contributed by atoms with van der Waals surface area (Å²) >= 11 is 0. The van der Waals surface area contributed by atoms with Crippen molar-refractivity contribution in [2.24, 2.45) is 5.14 Å². The molecule has 1 heterocycles. The Morgan fingerprint density at radius 2 is 1.18 bits per heavy atom. The molecule has 0 saturated heterocycles. The number of nitrogens with one attached hydrogen (secondary N) is 2. The van der Waals surface area contributed by atoms with Gasteiger partial charge in [-0.15, -0.1) is 0 Å². The van der Waals surface area contributed by atoms with E-state index in [1.807, 2.05) is 72.8 Å². The fourth-order valence-corrected chi connectivity index (χ4v) is 5.04. The average Bonchev–Trinajstić information content (AvgIpc) is 2.91. The third-order valence-corrected chi connectivity index (χ3v) is 7.34. The highest BCUT2D eigenvalue weighted by Gasteiger charge is 2.32. The van der Waals surface area contributed by atoms with Gasteiger partial charge in [0.15, 0.2) is 0 Å². The molecule has 0 saturated carbocycles. The van der Waals surface area contributed by atoms with E-state index in [1.165, 1.54) is 4.90 Å². The minimum Gasteiger partial charge on any atom is -0.385 e. The van der Waals surface area contributed by atoms with Crippen LogP contribution in [0.1, 0.15) is 27.1 Å². The van der Waals surface area contributed by atoms with E-state index in [1.54, 1.807) is 12.1 Å². The minimum atomic E-state index is -3.49. The van der Waals surface area contributed by atoms with E-state index in [2.05, 4.69) is 10.6 Å². The van der Waals surface area contributed by atoms with Crippen molar-refractivity contribution >= 4 is 44.0 Å². The van der Waals surface area contributed by atoms with Crippen molar-refractivity contribution in [3.05, 3.63) is 96.1 Å². The summed E-state index contributed by atoms with van der Waals surface area (Å²) in [4.78, 5) is 27.4.